The molecule has 0 radical (unpaired) electrons. The molecule has 0 spiro atoms. The van der Waals surface area contributed by atoms with Gasteiger partial charge >= 0.3 is 0 Å². The molecule has 3 rings (SSSR count). The van der Waals surface area contributed by atoms with Crippen LogP contribution in [0.2, 0.25) is 0 Å². The highest BCUT2D eigenvalue weighted by Crippen LogP contribution is 2.34. The number of nitrogens with one attached hydrogen (secondary N) is 1. The first-order valence-corrected chi connectivity index (χ1v) is 8.44. The fourth-order valence-corrected chi connectivity index (χ4v) is 3.61. The Labute approximate surface area is 119 Å². The predicted octanol–water partition coefficient (Wildman–Crippen LogP) is 2.46. The highest BCUT2D eigenvalue weighted by Gasteiger charge is 2.33. The van der Waals surface area contributed by atoms with Gasteiger partial charge in [0.05, 0.1) is 0 Å². The molecule has 1 aromatic heterocycles. The van der Waals surface area contributed by atoms with Gasteiger partial charge in [-0.15, -0.1) is 0 Å². The number of aryl methyl sites for hydroxylation is 1. The summed E-state index contributed by atoms with van der Waals surface area (Å²) >= 11 is 1.60. The molecule has 1 saturated carbocycles. The molecule has 0 aromatic carbocycles. The van der Waals surface area contributed by atoms with Crippen molar-refractivity contribution in [2.24, 2.45) is 5.92 Å². The SMILES string of the molecule is CCCc1nsc(N(CC2CCCNC2)C2CC2)n1. The molecule has 4 nitrogen and oxygen atoms in total. The minimum absolute atomic E-state index is 0.740. The number of hydrogen-bond donors (Lipinski definition) is 1. The summed E-state index contributed by atoms with van der Waals surface area (Å²) in [4.78, 5) is 7.28. The normalized spacial score (nSPS) is 23.5. The zero-order valence-electron chi connectivity index (χ0n) is 11.8. The number of anilines is 1. The molecule has 0 bridgehead atoms. The number of rotatable bonds is 6. The van der Waals surface area contributed by atoms with Crippen molar-refractivity contribution in [3.05, 3.63) is 5.82 Å². The molecule has 1 saturated heterocycles. The smallest absolute Gasteiger partial charge is 0.205 e. The van der Waals surface area contributed by atoms with E-state index in [1.807, 2.05) is 0 Å². The summed E-state index contributed by atoms with van der Waals surface area (Å²) in [5, 5.41) is 4.68. The zero-order valence-corrected chi connectivity index (χ0v) is 12.6. The van der Waals surface area contributed by atoms with E-state index >= 15 is 0 Å². The van der Waals surface area contributed by atoms with Crippen molar-refractivity contribution in [2.75, 3.05) is 24.5 Å². The first-order chi connectivity index (χ1) is 9.36. The number of aromatic nitrogens is 2. The summed E-state index contributed by atoms with van der Waals surface area (Å²) in [7, 11) is 0. The molecule has 1 unspecified atom stereocenters. The molecule has 1 aliphatic heterocycles. The average Bonchev–Trinajstić information content (AvgIpc) is 3.18. The van der Waals surface area contributed by atoms with Crippen molar-refractivity contribution in [3.8, 4) is 0 Å². The van der Waals surface area contributed by atoms with Crippen LogP contribution in [0.3, 0.4) is 0 Å². The van der Waals surface area contributed by atoms with Crippen molar-refractivity contribution < 1.29 is 0 Å². The third-order valence-corrected chi connectivity index (χ3v) is 4.81. The van der Waals surface area contributed by atoms with Gasteiger partial charge in [-0.2, -0.15) is 4.37 Å². The molecule has 1 aromatic rings. The van der Waals surface area contributed by atoms with Crippen LogP contribution in [-0.2, 0) is 6.42 Å². The van der Waals surface area contributed by atoms with E-state index in [1.54, 1.807) is 11.5 Å². The highest BCUT2D eigenvalue weighted by molar-refractivity contribution is 7.09. The first-order valence-electron chi connectivity index (χ1n) is 7.66. The van der Waals surface area contributed by atoms with E-state index < -0.39 is 0 Å². The second kappa shape index (κ2) is 6.18. The predicted molar refractivity (Wildman–Crippen MR) is 79.9 cm³/mol. The van der Waals surface area contributed by atoms with Crippen LogP contribution in [0.4, 0.5) is 5.13 Å². The summed E-state index contributed by atoms with van der Waals surface area (Å²) < 4.78 is 4.50. The molecule has 19 heavy (non-hydrogen) atoms. The van der Waals surface area contributed by atoms with Gasteiger partial charge in [-0.3, -0.25) is 0 Å². The van der Waals surface area contributed by atoms with Crippen molar-refractivity contribution in [1.29, 1.82) is 0 Å². The summed E-state index contributed by atoms with van der Waals surface area (Å²) in [5.74, 6) is 1.82. The maximum Gasteiger partial charge on any atom is 0.205 e. The molecule has 106 valence electrons. The second-order valence-electron chi connectivity index (χ2n) is 5.84. The molecule has 2 aliphatic rings. The van der Waals surface area contributed by atoms with Gasteiger partial charge in [0.25, 0.3) is 0 Å². The van der Waals surface area contributed by atoms with E-state index in [-0.39, 0.29) is 0 Å². The molecule has 1 atom stereocenters. The molecule has 1 aliphatic carbocycles. The number of piperidine rings is 1. The largest absolute Gasteiger partial charge is 0.344 e. The highest BCUT2D eigenvalue weighted by atomic mass is 32.1. The summed E-state index contributed by atoms with van der Waals surface area (Å²) in [5.41, 5.74) is 0. The van der Waals surface area contributed by atoms with E-state index in [4.69, 9.17) is 4.98 Å². The van der Waals surface area contributed by atoms with Crippen LogP contribution in [0, 0.1) is 5.92 Å². The minimum Gasteiger partial charge on any atom is -0.344 e. The van der Waals surface area contributed by atoms with Gasteiger partial charge in [0.15, 0.2) is 0 Å². The molecule has 2 fully saturated rings. The first kappa shape index (κ1) is 13.3. The lowest BCUT2D eigenvalue weighted by atomic mass is 9.99. The molecule has 0 amide bonds. The Kier molecular flexibility index (Phi) is 4.33. The van der Waals surface area contributed by atoms with Gasteiger partial charge in [0.2, 0.25) is 5.13 Å². The van der Waals surface area contributed by atoms with Gasteiger partial charge in [-0.25, -0.2) is 4.98 Å². The minimum atomic E-state index is 0.740. The average molecular weight is 280 g/mol. The Morgan fingerprint density at radius 3 is 2.95 bits per heavy atom. The van der Waals surface area contributed by atoms with Crippen LogP contribution in [-0.4, -0.2) is 35.0 Å². The molecular weight excluding hydrogens is 256 g/mol. The lowest BCUT2D eigenvalue weighted by Crippen LogP contribution is -2.39. The Hall–Kier alpha value is -0.680. The second-order valence-corrected chi connectivity index (χ2v) is 6.57. The fraction of sp³-hybridized carbons (Fsp3) is 0.857. The van der Waals surface area contributed by atoms with E-state index in [0.29, 0.717) is 0 Å². The molecule has 2 heterocycles. The number of hydrogen-bond acceptors (Lipinski definition) is 5. The Balaban J connectivity index is 1.65. The molecule has 1 N–H and O–H groups in total. The topological polar surface area (TPSA) is 41.1 Å². The van der Waals surface area contributed by atoms with Gasteiger partial charge in [0, 0.05) is 30.5 Å². The molecule has 5 heteroatoms. The fourth-order valence-electron chi connectivity index (χ4n) is 2.81. The van der Waals surface area contributed by atoms with Crippen LogP contribution in [0.5, 0.6) is 0 Å². The van der Waals surface area contributed by atoms with Crippen molar-refractivity contribution in [2.45, 2.75) is 51.5 Å². The zero-order chi connectivity index (χ0) is 13.1. The van der Waals surface area contributed by atoms with Crippen molar-refractivity contribution in [1.82, 2.24) is 14.7 Å². The van der Waals surface area contributed by atoms with E-state index in [1.165, 1.54) is 45.3 Å². The van der Waals surface area contributed by atoms with Crippen LogP contribution in [0.25, 0.3) is 0 Å². The Morgan fingerprint density at radius 1 is 1.37 bits per heavy atom. The summed E-state index contributed by atoms with van der Waals surface area (Å²) in [6.45, 7) is 5.72. The van der Waals surface area contributed by atoms with Crippen LogP contribution in [0.1, 0.15) is 44.9 Å². The lowest BCUT2D eigenvalue weighted by Gasteiger charge is -2.29. The van der Waals surface area contributed by atoms with E-state index in [9.17, 15) is 0 Å². The number of nitrogens with zero attached hydrogens (tertiary/aromatic N) is 3. The Morgan fingerprint density at radius 2 is 2.26 bits per heavy atom. The van der Waals surface area contributed by atoms with Gasteiger partial charge in [-0.05, 0) is 51.1 Å². The van der Waals surface area contributed by atoms with Crippen LogP contribution < -0.4 is 10.2 Å². The van der Waals surface area contributed by atoms with Gasteiger partial charge in [0.1, 0.15) is 5.82 Å². The maximum absolute atomic E-state index is 4.74. The van der Waals surface area contributed by atoms with E-state index in [0.717, 1.165) is 35.8 Å². The maximum atomic E-state index is 4.74. The van der Waals surface area contributed by atoms with Crippen LogP contribution in [0.15, 0.2) is 0 Å². The standard InChI is InChI=1S/C14H24N4S/c1-2-4-13-16-14(19-17-13)18(12-6-7-12)10-11-5-3-8-15-9-11/h11-12,15H,2-10H2,1H3. The van der Waals surface area contributed by atoms with E-state index in [2.05, 4.69) is 21.5 Å². The van der Waals surface area contributed by atoms with Crippen LogP contribution >= 0.6 is 11.5 Å². The monoisotopic (exact) mass is 280 g/mol. The summed E-state index contributed by atoms with van der Waals surface area (Å²) in [6.07, 6.45) is 7.50. The third kappa shape index (κ3) is 3.45. The Bertz CT molecular complexity index is 396. The third-order valence-electron chi connectivity index (χ3n) is 4.02. The van der Waals surface area contributed by atoms with Crippen molar-refractivity contribution >= 4 is 16.7 Å². The van der Waals surface area contributed by atoms with Crippen molar-refractivity contribution in [3.63, 3.8) is 0 Å². The lowest BCUT2D eigenvalue weighted by molar-refractivity contribution is 0.376. The quantitative estimate of drug-likeness (QED) is 0.869. The van der Waals surface area contributed by atoms with Gasteiger partial charge in [-0.1, -0.05) is 6.92 Å². The van der Waals surface area contributed by atoms with Gasteiger partial charge < -0.3 is 10.2 Å². The summed E-state index contributed by atoms with van der Waals surface area (Å²) in [6, 6.07) is 0.740. The molecular formula is C14H24N4S.